The second kappa shape index (κ2) is 8.80. The molecule has 0 saturated carbocycles. The second-order valence-corrected chi connectivity index (χ2v) is 6.06. The summed E-state index contributed by atoms with van der Waals surface area (Å²) in [6.45, 7) is 2.74. The third-order valence-corrected chi connectivity index (χ3v) is 3.91. The first-order valence-corrected chi connectivity index (χ1v) is 8.85. The van der Waals surface area contributed by atoms with E-state index in [1.807, 2.05) is 30.3 Å². The maximum absolute atomic E-state index is 12.3. The Hall–Kier alpha value is -3.41. The van der Waals surface area contributed by atoms with Gasteiger partial charge in [-0.2, -0.15) is 0 Å². The van der Waals surface area contributed by atoms with E-state index in [-0.39, 0.29) is 21.8 Å². The lowest BCUT2D eigenvalue weighted by molar-refractivity contribution is 0.308. The molecule has 0 spiro atoms. The Kier molecular flexibility index (Phi) is 5.99. The topological polar surface area (TPSA) is 87.8 Å². The third kappa shape index (κ3) is 5.04. The minimum absolute atomic E-state index is 0.150. The van der Waals surface area contributed by atoms with Gasteiger partial charge in [-0.05, 0) is 36.3 Å². The fourth-order valence-corrected chi connectivity index (χ4v) is 2.46. The zero-order valence-corrected chi connectivity index (χ0v) is 15.1. The highest BCUT2D eigenvalue weighted by Crippen LogP contribution is 2.09. The molecule has 3 rings (SSSR count). The van der Waals surface area contributed by atoms with Crippen molar-refractivity contribution in [2.24, 2.45) is 0 Å². The first kappa shape index (κ1) is 18.4. The molecule has 0 aliphatic carbocycles. The van der Waals surface area contributed by atoms with E-state index in [1.165, 1.54) is 6.08 Å². The van der Waals surface area contributed by atoms with Crippen molar-refractivity contribution in [3.8, 4) is 5.75 Å². The van der Waals surface area contributed by atoms with Gasteiger partial charge in [-0.3, -0.25) is 14.6 Å². The molecule has 0 amide bonds. The summed E-state index contributed by atoms with van der Waals surface area (Å²) in [6.07, 6.45) is 6.81. The van der Waals surface area contributed by atoms with Crippen LogP contribution in [0.4, 0.5) is 0 Å². The minimum Gasteiger partial charge on any atom is -0.492 e. The highest BCUT2D eigenvalue weighted by molar-refractivity contribution is 5.48. The summed E-state index contributed by atoms with van der Waals surface area (Å²) in [5.41, 5.74) is 0.626. The predicted octanol–water partition coefficient (Wildman–Crippen LogP) is 1.29. The van der Waals surface area contributed by atoms with E-state index >= 15 is 0 Å². The zero-order chi connectivity index (χ0) is 19.1. The molecule has 0 atom stereocenters. The average Bonchev–Trinajstić information content (AvgIpc) is 2.68. The van der Waals surface area contributed by atoms with Crippen LogP contribution < -0.4 is 26.6 Å². The Labute approximate surface area is 155 Å². The number of aromatic nitrogens is 3. The SMILES string of the molecule is CCCCOc1ccc(/C=c2/[nH]c(=O)/c(=C\c3ccccc3)[nH]c2=O)nc1. The van der Waals surface area contributed by atoms with Crippen LogP contribution in [0.3, 0.4) is 0 Å². The van der Waals surface area contributed by atoms with Crippen LogP contribution in [0.25, 0.3) is 12.2 Å². The van der Waals surface area contributed by atoms with Gasteiger partial charge < -0.3 is 14.7 Å². The summed E-state index contributed by atoms with van der Waals surface area (Å²) in [6, 6.07) is 12.8. The highest BCUT2D eigenvalue weighted by atomic mass is 16.5. The summed E-state index contributed by atoms with van der Waals surface area (Å²) in [5.74, 6) is 0.677. The maximum atomic E-state index is 12.3. The van der Waals surface area contributed by atoms with Crippen molar-refractivity contribution in [2.75, 3.05) is 6.61 Å². The van der Waals surface area contributed by atoms with Gasteiger partial charge in [-0.25, -0.2) is 0 Å². The number of hydrogen-bond acceptors (Lipinski definition) is 4. The maximum Gasteiger partial charge on any atom is 0.272 e. The van der Waals surface area contributed by atoms with Crippen LogP contribution >= 0.6 is 0 Å². The molecular weight excluding hydrogens is 342 g/mol. The van der Waals surface area contributed by atoms with Gasteiger partial charge in [0.1, 0.15) is 16.4 Å². The Morgan fingerprint density at radius 3 is 2.30 bits per heavy atom. The van der Waals surface area contributed by atoms with Gasteiger partial charge in [-0.1, -0.05) is 43.7 Å². The van der Waals surface area contributed by atoms with E-state index in [0.717, 1.165) is 18.4 Å². The van der Waals surface area contributed by atoms with E-state index < -0.39 is 0 Å². The number of H-pyrrole nitrogens is 2. The molecule has 0 bridgehead atoms. The number of pyridine rings is 1. The van der Waals surface area contributed by atoms with Gasteiger partial charge in [0.15, 0.2) is 0 Å². The number of aromatic amines is 2. The molecule has 0 radical (unpaired) electrons. The first-order chi connectivity index (χ1) is 13.2. The van der Waals surface area contributed by atoms with E-state index in [4.69, 9.17) is 4.74 Å². The molecular formula is C21H21N3O3. The van der Waals surface area contributed by atoms with E-state index in [9.17, 15) is 9.59 Å². The zero-order valence-electron chi connectivity index (χ0n) is 15.1. The van der Waals surface area contributed by atoms with E-state index in [0.29, 0.717) is 18.1 Å². The number of ether oxygens (including phenoxy) is 1. The van der Waals surface area contributed by atoms with Crippen LogP contribution in [0.1, 0.15) is 31.0 Å². The fraction of sp³-hybridized carbons (Fsp3) is 0.190. The van der Waals surface area contributed by atoms with Gasteiger partial charge >= 0.3 is 0 Å². The molecule has 2 N–H and O–H groups in total. The number of nitrogens with one attached hydrogen (secondary N) is 2. The average molecular weight is 363 g/mol. The molecule has 2 aromatic heterocycles. The van der Waals surface area contributed by atoms with Crippen LogP contribution in [0, 0.1) is 0 Å². The van der Waals surface area contributed by atoms with E-state index in [2.05, 4.69) is 21.9 Å². The molecule has 27 heavy (non-hydrogen) atoms. The van der Waals surface area contributed by atoms with Crippen LogP contribution in [-0.2, 0) is 0 Å². The Morgan fingerprint density at radius 1 is 0.963 bits per heavy atom. The van der Waals surface area contributed by atoms with Gasteiger partial charge in [0.05, 0.1) is 18.5 Å². The Morgan fingerprint density at radius 2 is 1.67 bits per heavy atom. The third-order valence-electron chi connectivity index (χ3n) is 3.91. The molecule has 1 aromatic carbocycles. The van der Waals surface area contributed by atoms with Crippen LogP contribution in [0.2, 0.25) is 0 Å². The van der Waals surface area contributed by atoms with Crippen molar-refractivity contribution in [3.05, 3.63) is 91.3 Å². The molecule has 138 valence electrons. The van der Waals surface area contributed by atoms with Crippen molar-refractivity contribution in [1.29, 1.82) is 0 Å². The molecule has 0 aliphatic heterocycles. The smallest absolute Gasteiger partial charge is 0.272 e. The number of hydrogen-bond donors (Lipinski definition) is 2. The number of rotatable bonds is 6. The summed E-state index contributed by atoms with van der Waals surface area (Å²) < 4.78 is 5.56. The predicted molar refractivity (Wildman–Crippen MR) is 105 cm³/mol. The number of unbranched alkanes of at least 4 members (excludes halogenated alkanes) is 1. The number of benzene rings is 1. The van der Waals surface area contributed by atoms with Gasteiger partial charge in [0.25, 0.3) is 11.1 Å². The van der Waals surface area contributed by atoms with Crippen molar-refractivity contribution >= 4 is 12.2 Å². The minimum atomic E-state index is -0.387. The monoisotopic (exact) mass is 363 g/mol. The Balaban J connectivity index is 1.89. The standard InChI is InChI=1S/C21H21N3O3/c1-2-3-11-27-17-10-9-16(22-14-17)13-19-21(26)23-18(20(25)24-19)12-15-7-5-4-6-8-15/h4-10,12-14H,2-3,11H2,1H3,(H,23,26)(H,24,25)/b18-12+,19-13+. The van der Waals surface area contributed by atoms with Crippen molar-refractivity contribution in [2.45, 2.75) is 19.8 Å². The lowest BCUT2D eigenvalue weighted by Gasteiger charge is -2.04. The molecule has 2 heterocycles. The summed E-state index contributed by atoms with van der Waals surface area (Å²) in [4.78, 5) is 34.1. The Bertz CT molecular complexity index is 1110. The summed E-state index contributed by atoms with van der Waals surface area (Å²) >= 11 is 0. The first-order valence-electron chi connectivity index (χ1n) is 8.85. The molecule has 0 aliphatic rings. The van der Waals surface area contributed by atoms with Crippen LogP contribution in [-0.4, -0.2) is 21.6 Å². The van der Waals surface area contributed by atoms with Crippen molar-refractivity contribution < 1.29 is 4.74 Å². The van der Waals surface area contributed by atoms with Gasteiger partial charge in [0.2, 0.25) is 0 Å². The normalized spacial score (nSPS) is 12.3. The summed E-state index contributed by atoms with van der Waals surface area (Å²) in [5, 5.41) is 0.355. The van der Waals surface area contributed by atoms with Gasteiger partial charge in [-0.15, -0.1) is 0 Å². The van der Waals surface area contributed by atoms with Crippen LogP contribution in [0.5, 0.6) is 5.75 Å². The quantitative estimate of drug-likeness (QED) is 0.646. The van der Waals surface area contributed by atoms with E-state index in [1.54, 1.807) is 24.4 Å². The molecule has 6 heteroatoms. The van der Waals surface area contributed by atoms with Crippen molar-refractivity contribution in [3.63, 3.8) is 0 Å². The van der Waals surface area contributed by atoms with Gasteiger partial charge in [0, 0.05) is 0 Å². The lowest BCUT2D eigenvalue weighted by atomic mass is 10.2. The van der Waals surface area contributed by atoms with Crippen LogP contribution in [0.15, 0.2) is 58.3 Å². The molecule has 0 fully saturated rings. The fourth-order valence-electron chi connectivity index (χ4n) is 2.46. The number of nitrogens with zero attached hydrogens (tertiary/aromatic N) is 1. The molecule has 3 aromatic rings. The molecule has 6 nitrogen and oxygen atoms in total. The molecule has 0 unspecified atom stereocenters. The summed E-state index contributed by atoms with van der Waals surface area (Å²) in [7, 11) is 0. The second-order valence-electron chi connectivity index (χ2n) is 6.06. The highest BCUT2D eigenvalue weighted by Gasteiger charge is 1.99. The lowest BCUT2D eigenvalue weighted by Crippen LogP contribution is -2.46. The largest absolute Gasteiger partial charge is 0.492 e. The van der Waals surface area contributed by atoms with Crippen molar-refractivity contribution in [1.82, 2.24) is 15.0 Å². The molecule has 0 saturated heterocycles.